The van der Waals surface area contributed by atoms with Crippen LogP contribution in [0.3, 0.4) is 0 Å². The molecule has 32 heavy (non-hydrogen) atoms. The molecule has 4 rings (SSSR count). The molecular weight excluding hydrogens is 452 g/mol. The number of carbonyl (C=O) groups is 1. The third-order valence-electron chi connectivity index (χ3n) is 5.71. The second-order valence-corrected chi connectivity index (χ2v) is 10.1. The molecule has 1 amide bonds. The Kier molecular flexibility index (Phi) is 7.20. The molecule has 2 heterocycles. The van der Waals surface area contributed by atoms with E-state index < -0.39 is 10.0 Å². The van der Waals surface area contributed by atoms with Crippen LogP contribution < -0.4 is 10.2 Å². The number of nitrogens with one attached hydrogen (secondary N) is 1. The largest absolute Gasteiger partial charge is 0.378 e. The molecule has 0 aliphatic carbocycles. The fourth-order valence-corrected chi connectivity index (χ4v) is 5.55. The molecular formula is C22H27ClN4O4S. The number of hydrogen-bond donors (Lipinski definition) is 1. The van der Waals surface area contributed by atoms with Crippen LogP contribution in [-0.4, -0.2) is 82.6 Å². The van der Waals surface area contributed by atoms with Crippen LogP contribution in [0.4, 0.5) is 11.4 Å². The van der Waals surface area contributed by atoms with Gasteiger partial charge in [0.25, 0.3) is 0 Å². The van der Waals surface area contributed by atoms with Crippen LogP contribution in [0.1, 0.15) is 0 Å². The summed E-state index contributed by atoms with van der Waals surface area (Å²) < 4.78 is 32.4. The number of hydrogen-bond acceptors (Lipinski definition) is 6. The van der Waals surface area contributed by atoms with Gasteiger partial charge in [-0.3, -0.25) is 4.79 Å². The number of piperazine rings is 1. The van der Waals surface area contributed by atoms with Crippen molar-refractivity contribution in [3.05, 3.63) is 53.6 Å². The highest BCUT2D eigenvalue weighted by Crippen LogP contribution is 2.30. The Hall–Kier alpha value is -2.33. The van der Waals surface area contributed by atoms with Crippen molar-refractivity contribution in [1.82, 2.24) is 9.21 Å². The molecule has 0 saturated carbocycles. The van der Waals surface area contributed by atoms with Gasteiger partial charge < -0.3 is 19.9 Å². The Morgan fingerprint density at radius 1 is 0.969 bits per heavy atom. The number of amides is 1. The smallest absolute Gasteiger partial charge is 0.243 e. The van der Waals surface area contributed by atoms with Gasteiger partial charge in [0.2, 0.25) is 15.9 Å². The zero-order chi connectivity index (χ0) is 22.6. The molecule has 0 atom stereocenters. The van der Waals surface area contributed by atoms with Gasteiger partial charge in [-0.1, -0.05) is 29.8 Å². The van der Waals surface area contributed by atoms with E-state index in [0.717, 1.165) is 24.5 Å². The van der Waals surface area contributed by atoms with Crippen molar-refractivity contribution in [1.29, 1.82) is 0 Å². The van der Waals surface area contributed by atoms with Crippen LogP contribution in [0.15, 0.2) is 53.4 Å². The molecule has 2 aromatic rings. The number of nitrogens with zero attached hydrogens (tertiary/aromatic N) is 3. The van der Waals surface area contributed by atoms with Crippen molar-refractivity contribution < 1.29 is 17.9 Å². The Bertz CT molecular complexity index is 1040. The molecule has 2 aliphatic heterocycles. The Labute approximate surface area is 193 Å². The first-order chi connectivity index (χ1) is 15.4. The fraction of sp³-hybridized carbons (Fsp3) is 0.409. The van der Waals surface area contributed by atoms with Crippen molar-refractivity contribution >= 4 is 38.9 Å². The van der Waals surface area contributed by atoms with Crippen molar-refractivity contribution in [2.24, 2.45) is 0 Å². The minimum Gasteiger partial charge on any atom is -0.378 e. The quantitative estimate of drug-likeness (QED) is 0.685. The van der Waals surface area contributed by atoms with Gasteiger partial charge in [-0.05, 0) is 30.3 Å². The Balaban J connectivity index is 1.35. The van der Waals surface area contributed by atoms with E-state index in [9.17, 15) is 13.2 Å². The van der Waals surface area contributed by atoms with Crippen molar-refractivity contribution in [3.8, 4) is 0 Å². The van der Waals surface area contributed by atoms with E-state index >= 15 is 0 Å². The van der Waals surface area contributed by atoms with Crippen LogP contribution in [0.5, 0.6) is 0 Å². The van der Waals surface area contributed by atoms with E-state index in [4.69, 9.17) is 16.3 Å². The normalized spacial score (nSPS) is 17.9. The van der Waals surface area contributed by atoms with Gasteiger partial charge >= 0.3 is 0 Å². The van der Waals surface area contributed by atoms with Crippen molar-refractivity contribution in [3.63, 3.8) is 0 Å². The fourth-order valence-electron chi connectivity index (χ4n) is 3.93. The molecule has 2 aromatic carbocycles. The summed E-state index contributed by atoms with van der Waals surface area (Å²) in [5, 5.41) is 3.82. The van der Waals surface area contributed by atoms with Gasteiger partial charge in [-0.25, -0.2) is 8.42 Å². The third kappa shape index (κ3) is 5.17. The third-order valence-corrected chi connectivity index (χ3v) is 7.86. The Morgan fingerprint density at radius 3 is 2.34 bits per heavy atom. The zero-order valence-electron chi connectivity index (χ0n) is 17.7. The topological polar surface area (TPSA) is 82.2 Å². The molecule has 0 aromatic heterocycles. The number of carbonyl (C=O) groups excluding carboxylic acids is 1. The summed E-state index contributed by atoms with van der Waals surface area (Å²) in [5.41, 5.74) is 1.79. The Morgan fingerprint density at radius 2 is 1.66 bits per heavy atom. The van der Waals surface area contributed by atoms with Crippen LogP contribution >= 0.6 is 11.6 Å². The summed E-state index contributed by atoms with van der Waals surface area (Å²) in [6.45, 7) is 4.27. The molecule has 10 heteroatoms. The van der Waals surface area contributed by atoms with Crippen LogP contribution in [0.25, 0.3) is 0 Å². The molecule has 172 valence electrons. The number of anilines is 2. The first-order valence-electron chi connectivity index (χ1n) is 10.6. The lowest BCUT2D eigenvalue weighted by Crippen LogP contribution is -2.51. The van der Waals surface area contributed by atoms with E-state index in [0.29, 0.717) is 31.3 Å². The maximum atomic E-state index is 12.8. The average Bonchev–Trinajstić information content (AvgIpc) is 2.84. The number of morpholine rings is 1. The first kappa shape index (κ1) is 22.8. The molecule has 0 radical (unpaired) electrons. The molecule has 2 fully saturated rings. The summed E-state index contributed by atoms with van der Waals surface area (Å²) in [6.07, 6.45) is 0. The number of sulfonamides is 1. The number of rotatable bonds is 6. The van der Waals surface area contributed by atoms with Gasteiger partial charge in [0.15, 0.2) is 0 Å². The van der Waals surface area contributed by atoms with E-state index in [1.165, 1.54) is 4.31 Å². The zero-order valence-corrected chi connectivity index (χ0v) is 19.3. The van der Waals surface area contributed by atoms with Crippen molar-refractivity contribution in [2.75, 3.05) is 69.2 Å². The van der Waals surface area contributed by atoms with Gasteiger partial charge in [-0.2, -0.15) is 4.31 Å². The van der Waals surface area contributed by atoms with Gasteiger partial charge in [-0.15, -0.1) is 0 Å². The van der Waals surface area contributed by atoms with Crippen LogP contribution in [-0.2, 0) is 19.6 Å². The predicted octanol–water partition coefficient (Wildman–Crippen LogP) is 2.12. The molecule has 0 bridgehead atoms. The monoisotopic (exact) mass is 478 g/mol. The van der Waals surface area contributed by atoms with Crippen molar-refractivity contribution in [2.45, 2.75) is 4.90 Å². The van der Waals surface area contributed by atoms with Gasteiger partial charge in [0.05, 0.1) is 36.0 Å². The van der Waals surface area contributed by atoms with E-state index in [1.54, 1.807) is 35.2 Å². The lowest BCUT2D eigenvalue weighted by Gasteiger charge is -2.34. The average molecular weight is 479 g/mol. The number of halogens is 1. The van der Waals surface area contributed by atoms with E-state index in [2.05, 4.69) is 10.2 Å². The summed E-state index contributed by atoms with van der Waals surface area (Å²) in [4.78, 5) is 17.0. The standard InChI is InChI=1S/C22H27ClN4O4S/c23-18-6-7-21(25-12-14-31-15-13-25)20(16-18)24-17-22(28)26-8-10-27(11-9-26)32(29,30)19-4-2-1-3-5-19/h1-7,16,24H,8-15,17H2. The highest BCUT2D eigenvalue weighted by Gasteiger charge is 2.30. The summed E-state index contributed by atoms with van der Waals surface area (Å²) in [6, 6.07) is 14.0. The summed E-state index contributed by atoms with van der Waals surface area (Å²) >= 11 is 6.19. The van der Waals surface area contributed by atoms with E-state index in [1.807, 2.05) is 18.2 Å². The molecule has 2 aliphatic rings. The number of ether oxygens (including phenoxy) is 1. The summed E-state index contributed by atoms with van der Waals surface area (Å²) in [7, 11) is -3.54. The summed E-state index contributed by atoms with van der Waals surface area (Å²) in [5.74, 6) is -0.0744. The molecule has 8 nitrogen and oxygen atoms in total. The SMILES string of the molecule is O=C(CNc1cc(Cl)ccc1N1CCOCC1)N1CCN(S(=O)(=O)c2ccccc2)CC1. The van der Waals surface area contributed by atoms with E-state index in [-0.39, 0.29) is 30.4 Å². The second kappa shape index (κ2) is 10.1. The first-order valence-corrected chi connectivity index (χ1v) is 12.5. The van der Waals surface area contributed by atoms with Crippen LogP contribution in [0.2, 0.25) is 5.02 Å². The molecule has 0 unspecified atom stereocenters. The highest BCUT2D eigenvalue weighted by molar-refractivity contribution is 7.89. The van der Waals surface area contributed by atoms with Crippen LogP contribution in [0, 0.1) is 0 Å². The lowest BCUT2D eigenvalue weighted by molar-refractivity contribution is -0.130. The van der Waals surface area contributed by atoms with Gasteiger partial charge in [0, 0.05) is 44.3 Å². The minimum absolute atomic E-state index is 0.0744. The predicted molar refractivity (Wildman–Crippen MR) is 125 cm³/mol. The lowest BCUT2D eigenvalue weighted by atomic mass is 10.2. The minimum atomic E-state index is -3.54. The molecule has 2 saturated heterocycles. The molecule has 0 spiro atoms. The second-order valence-electron chi connectivity index (χ2n) is 7.71. The highest BCUT2D eigenvalue weighted by atomic mass is 35.5. The maximum Gasteiger partial charge on any atom is 0.243 e. The maximum absolute atomic E-state index is 12.8. The number of benzene rings is 2. The molecule has 1 N–H and O–H groups in total. The van der Waals surface area contributed by atoms with Gasteiger partial charge in [0.1, 0.15) is 0 Å².